The van der Waals surface area contributed by atoms with Gasteiger partial charge in [-0.05, 0) is 32.0 Å². The number of nitrogens with one attached hydrogen (secondary N) is 1. The average Bonchev–Trinajstić information content (AvgIpc) is 3.25. The van der Waals surface area contributed by atoms with Gasteiger partial charge in [0.05, 0.1) is 0 Å². The van der Waals surface area contributed by atoms with Crippen LogP contribution in [0.25, 0.3) is 28.1 Å². The molecule has 4 rings (SSSR count). The molecule has 0 radical (unpaired) electrons. The van der Waals surface area contributed by atoms with Crippen LogP contribution < -0.4 is 0 Å². The van der Waals surface area contributed by atoms with Crippen molar-refractivity contribution in [3.8, 4) is 0 Å². The molecule has 4 aromatic rings. The second-order valence-electron chi connectivity index (χ2n) is 6.47. The van der Waals surface area contributed by atoms with Crippen molar-refractivity contribution in [3.05, 3.63) is 71.8 Å². The van der Waals surface area contributed by atoms with Gasteiger partial charge in [0.2, 0.25) is 11.7 Å². The first-order valence-electron chi connectivity index (χ1n) is 8.88. The molecule has 28 heavy (non-hydrogen) atoms. The van der Waals surface area contributed by atoms with Gasteiger partial charge in [-0.2, -0.15) is 0 Å². The summed E-state index contributed by atoms with van der Waals surface area (Å²) in [6.45, 7) is 3.39. The van der Waals surface area contributed by atoms with Gasteiger partial charge in [0.25, 0.3) is 0 Å². The van der Waals surface area contributed by atoms with E-state index in [9.17, 15) is 9.59 Å². The Balaban J connectivity index is 1.47. The van der Waals surface area contributed by atoms with E-state index in [1.165, 1.54) is 12.2 Å². The number of aromatic nitrogens is 2. The van der Waals surface area contributed by atoms with Gasteiger partial charge in [0, 0.05) is 34.3 Å². The molecule has 2 aromatic carbocycles. The van der Waals surface area contributed by atoms with Crippen molar-refractivity contribution in [2.45, 2.75) is 20.0 Å². The predicted octanol–water partition coefficient (Wildman–Crippen LogP) is 4.45. The monoisotopic (exact) mass is 374 g/mol. The molecule has 0 saturated heterocycles. The summed E-state index contributed by atoms with van der Waals surface area (Å²) in [7, 11) is 0. The summed E-state index contributed by atoms with van der Waals surface area (Å²) in [6.07, 6.45) is 1.71. The van der Waals surface area contributed by atoms with Crippen LogP contribution in [-0.4, -0.2) is 27.8 Å². The van der Waals surface area contributed by atoms with E-state index in [-0.39, 0.29) is 5.78 Å². The van der Waals surface area contributed by atoms with E-state index in [0.29, 0.717) is 22.6 Å². The highest BCUT2D eigenvalue weighted by molar-refractivity contribution is 6.11. The number of fused-ring (bicyclic) bond motifs is 2. The molecule has 0 aliphatic heterocycles. The van der Waals surface area contributed by atoms with Gasteiger partial charge < -0.3 is 14.1 Å². The number of aromatic amines is 1. The second kappa shape index (κ2) is 7.15. The molecular formula is C22H18N2O4. The minimum absolute atomic E-state index is 0.251. The minimum Gasteiger partial charge on any atom is -0.451 e. The lowest BCUT2D eigenvalue weighted by Crippen LogP contribution is -2.24. The number of hydrogen-bond donors (Lipinski definition) is 1. The Morgan fingerprint density at radius 1 is 1.14 bits per heavy atom. The number of aryl methyl sites for hydroxylation is 1. The third-order valence-corrected chi connectivity index (χ3v) is 4.47. The first kappa shape index (κ1) is 17.7. The van der Waals surface area contributed by atoms with Crippen molar-refractivity contribution in [1.82, 2.24) is 9.97 Å². The summed E-state index contributed by atoms with van der Waals surface area (Å²) >= 11 is 0. The SMILES string of the molecule is Cc1[nH]c2ccccc2c1C(=O)C(C)OC(=O)C=Cc1nc2ccccc2o1. The first-order chi connectivity index (χ1) is 13.5. The molecule has 0 bridgehead atoms. The van der Waals surface area contributed by atoms with Crippen LogP contribution in [0.4, 0.5) is 0 Å². The summed E-state index contributed by atoms with van der Waals surface area (Å²) in [5.74, 6) is -0.594. The van der Waals surface area contributed by atoms with Crippen LogP contribution in [0.2, 0.25) is 0 Å². The Labute approximate surface area is 160 Å². The number of H-pyrrole nitrogens is 1. The zero-order valence-corrected chi connectivity index (χ0v) is 15.4. The maximum atomic E-state index is 12.8. The molecule has 0 aliphatic rings. The van der Waals surface area contributed by atoms with Crippen molar-refractivity contribution in [2.24, 2.45) is 0 Å². The maximum absolute atomic E-state index is 12.8. The van der Waals surface area contributed by atoms with Crippen LogP contribution in [0.5, 0.6) is 0 Å². The van der Waals surface area contributed by atoms with Crippen molar-refractivity contribution in [1.29, 1.82) is 0 Å². The Bertz CT molecular complexity index is 1180. The molecule has 6 heteroatoms. The van der Waals surface area contributed by atoms with Gasteiger partial charge in [-0.25, -0.2) is 9.78 Å². The number of ether oxygens (including phenoxy) is 1. The van der Waals surface area contributed by atoms with Crippen LogP contribution in [0.3, 0.4) is 0 Å². The normalized spacial score (nSPS) is 12.6. The number of carbonyl (C=O) groups is 2. The second-order valence-corrected chi connectivity index (χ2v) is 6.47. The largest absolute Gasteiger partial charge is 0.451 e. The van der Waals surface area contributed by atoms with Gasteiger partial charge in [-0.1, -0.05) is 30.3 Å². The van der Waals surface area contributed by atoms with Gasteiger partial charge in [-0.15, -0.1) is 0 Å². The van der Waals surface area contributed by atoms with E-state index in [0.717, 1.165) is 16.6 Å². The van der Waals surface area contributed by atoms with Gasteiger partial charge in [0.1, 0.15) is 5.52 Å². The molecule has 0 aliphatic carbocycles. The molecule has 0 fully saturated rings. The quantitative estimate of drug-likeness (QED) is 0.317. The fourth-order valence-corrected chi connectivity index (χ4v) is 3.17. The average molecular weight is 374 g/mol. The molecule has 6 nitrogen and oxygen atoms in total. The van der Waals surface area contributed by atoms with Crippen molar-refractivity contribution in [3.63, 3.8) is 0 Å². The number of carbonyl (C=O) groups excluding carboxylic acids is 2. The summed E-state index contributed by atoms with van der Waals surface area (Å²) in [5, 5.41) is 0.815. The topological polar surface area (TPSA) is 85.2 Å². The lowest BCUT2D eigenvalue weighted by Gasteiger charge is -2.11. The molecule has 1 atom stereocenters. The summed E-state index contributed by atoms with van der Waals surface area (Å²) in [4.78, 5) is 32.4. The molecule has 1 N–H and O–H groups in total. The Morgan fingerprint density at radius 2 is 1.89 bits per heavy atom. The number of hydrogen-bond acceptors (Lipinski definition) is 5. The number of para-hydroxylation sites is 3. The van der Waals surface area contributed by atoms with Crippen molar-refractivity contribution < 1.29 is 18.7 Å². The Morgan fingerprint density at radius 3 is 2.71 bits per heavy atom. The standard InChI is InChI=1S/C22H18N2O4/c1-13-21(15-7-3-4-8-16(15)23-13)22(26)14(2)27-20(25)12-11-19-24-17-9-5-6-10-18(17)28-19/h3-12,14,23H,1-2H3. The fourth-order valence-electron chi connectivity index (χ4n) is 3.17. The number of oxazole rings is 1. The maximum Gasteiger partial charge on any atom is 0.331 e. The fraction of sp³-hybridized carbons (Fsp3) is 0.136. The van der Waals surface area contributed by atoms with E-state index < -0.39 is 12.1 Å². The molecule has 2 aromatic heterocycles. The number of esters is 1. The lowest BCUT2D eigenvalue weighted by molar-refractivity contribution is -0.140. The Kier molecular flexibility index (Phi) is 4.53. The molecule has 2 heterocycles. The number of ketones is 1. The minimum atomic E-state index is -0.918. The van der Waals surface area contributed by atoms with Crippen LogP contribution in [-0.2, 0) is 9.53 Å². The molecule has 0 amide bonds. The molecule has 1 unspecified atom stereocenters. The van der Waals surface area contributed by atoms with E-state index in [4.69, 9.17) is 9.15 Å². The Hall–Kier alpha value is -3.67. The molecule has 140 valence electrons. The van der Waals surface area contributed by atoms with Crippen LogP contribution in [0.15, 0.2) is 59.0 Å². The smallest absolute Gasteiger partial charge is 0.331 e. The molecule has 0 spiro atoms. The zero-order chi connectivity index (χ0) is 19.7. The molecular weight excluding hydrogens is 356 g/mol. The number of nitrogens with zero attached hydrogens (tertiary/aromatic N) is 1. The third kappa shape index (κ3) is 3.32. The van der Waals surface area contributed by atoms with Gasteiger partial charge in [-0.3, -0.25) is 4.79 Å². The van der Waals surface area contributed by atoms with Crippen LogP contribution in [0.1, 0.15) is 28.9 Å². The van der Waals surface area contributed by atoms with Crippen molar-refractivity contribution >= 4 is 39.8 Å². The number of rotatable bonds is 5. The van der Waals surface area contributed by atoms with E-state index >= 15 is 0 Å². The van der Waals surface area contributed by atoms with Crippen LogP contribution in [0, 0.1) is 6.92 Å². The van der Waals surface area contributed by atoms with E-state index in [1.54, 1.807) is 13.0 Å². The number of Topliss-reactive ketones (excluding diaryl/α,β-unsaturated/α-hetero) is 1. The van der Waals surface area contributed by atoms with Crippen molar-refractivity contribution in [2.75, 3.05) is 0 Å². The van der Waals surface area contributed by atoms with Gasteiger partial charge >= 0.3 is 5.97 Å². The highest BCUT2D eigenvalue weighted by Gasteiger charge is 2.23. The highest BCUT2D eigenvalue weighted by atomic mass is 16.5. The lowest BCUT2D eigenvalue weighted by atomic mass is 10.0. The number of benzene rings is 2. The van der Waals surface area contributed by atoms with Gasteiger partial charge in [0.15, 0.2) is 11.7 Å². The van der Waals surface area contributed by atoms with Crippen LogP contribution >= 0.6 is 0 Å². The summed E-state index contributed by atoms with van der Waals surface area (Å²) in [6, 6.07) is 14.8. The third-order valence-electron chi connectivity index (χ3n) is 4.47. The molecule has 0 saturated carbocycles. The highest BCUT2D eigenvalue weighted by Crippen LogP contribution is 2.24. The van der Waals surface area contributed by atoms with E-state index in [2.05, 4.69) is 9.97 Å². The van der Waals surface area contributed by atoms with E-state index in [1.807, 2.05) is 49.4 Å². The summed E-state index contributed by atoms with van der Waals surface area (Å²) in [5.41, 5.74) is 3.50. The first-order valence-corrected chi connectivity index (χ1v) is 8.88. The zero-order valence-electron chi connectivity index (χ0n) is 15.4. The predicted molar refractivity (Wildman–Crippen MR) is 106 cm³/mol. The summed E-state index contributed by atoms with van der Waals surface area (Å²) < 4.78 is 10.8.